The maximum absolute atomic E-state index is 3.90. The Bertz CT molecular complexity index is 210. The quantitative estimate of drug-likeness (QED) is 0.616. The molecule has 0 aliphatic heterocycles. The Labute approximate surface area is 73.4 Å². The summed E-state index contributed by atoms with van der Waals surface area (Å²) in [5.74, 6) is 0.822. The molecular formula is C10H14N2. The highest BCUT2D eigenvalue weighted by atomic mass is 14.8. The lowest BCUT2D eigenvalue weighted by Crippen LogP contribution is -1.90. The fraction of sp³-hybridized carbons (Fsp3) is 0.300. The van der Waals surface area contributed by atoms with Crippen LogP contribution < -0.4 is 5.32 Å². The molecule has 0 amide bonds. The fourth-order valence-corrected chi connectivity index (χ4v) is 0.732. The molecule has 0 heterocycles. The van der Waals surface area contributed by atoms with Crippen LogP contribution in [0.4, 0.5) is 0 Å². The van der Waals surface area contributed by atoms with E-state index in [9.17, 15) is 0 Å². The van der Waals surface area contributed by atoms with E-state index >= 15 is 0 Å². The van der Waals surface area contributed by atoms with Gasteiger partial charge < -0.3 is 5.32 Å². The van der Waals surface area contributed by atoms with Crippen molar-refractivity contribution in [3.63, 3.8) is 0 Å². The highest BCUT2D eigenvalue weighted by Gasteiger charge is 2.16. The molecule has 1 rings (SSSR count). The predicted octanol–water partition coefficient (Wildman–Crippen LogP) is 2.23. The van der Waals surface area contributed by atoms with Crippen LogP contribution in [0.15, 0.2) is 42.3 Å². The zero-order valence-electron chi connectivity index (χ0n) is 7.11. The third-order valence-electron chi connectivity index (χ3n) is 1.53. The van der Waals surface area contributed by atoms with Crippen LogP contribution in [0.5, 0.6) is 0 Å². The summed E-state index contributed by atoms with van der Waals surface area (Å²) in [6, 6.07) is 0. The third kappa shape index (κ3) is 4.50. The van der Waals surface area contributed by atoms with Crippen molar-refractivity contribution in [2.24, 2.45) is 10.9 Å². The minimum atomic E-state index is 0.822. The van der Waals surface area contributed by atoms with Crippen molar-refractivity contribution >= 4 is 6.21 Å². The van der Waals surface area contributed by atoms with Crippen LogP contribution in [0.25, 0.3) is 0 Å². The minimum absolute atomic E-state index is 0.822. The summed E-state index contributed by atoms with van der Waals surface area (Å²) in [5.41, 5.74) is 0. The van der Waals surface area contributed by atoms with E-state index in [-0.39, 0.29) is 0 Å². The van der Waals surface area contributed by atoms with Gasteiger partial charge in [-0.15, -0.1) is 0 Å². The largest absolute Gasteiger partial charge is 0.367 e. The zero-order chi connectivity index (χ0) is 8.65. The van der Waals surface area contributed by atoms with Crippen molar-refractivity contribution in [1.29, 1.82) is 0 Å². The van der Waals surface area contributed by atoms with Crippen LogP contribution in [0.3, 0.4) is 0 Å². The molecule has 1 N–H and O–H groups in total. The summed E-state index contributed by atoms with van der Waals surface area (Å²) < 4.78 is 0. The van der Waals surface area contributed by atoms with E-state index < -0.39 is 0 Å². The molecule has 0 atom stereocenters. The standard InChI is InChI=1S/C10H14N2/c1-2-6-11-8-9-12-7-5-10-3-4-10/h2,5-10,12H,1,3-4H2/b7-5+,9-8-,11-6?. The Morgan fingerprint density at radius 2 is 2.17 bits per heavy atom. The van der Waals surface area contributed by atoms with E-state index in [1.807, 2.05) is 6.20 Å². The summed E-state index contributed by atoms with van der Waals surface area (Å²) in [4.78, 5) is 3.90. The Hall–Kier alpha value is -1.31. The maximum atomic E-state index is 3.90. The first kappa shape index (κ1) is 8.78. The first-order chi connectivity index (χ1) is 5.93. The first-order valence-electron chi connectivity index (χ1n) is 4.15. The summed E-state index contributed by atoms with van der Waals surface area (Å²) in [6.45, 7) is 3.51. The Morgan fingerprint density at radius 1 is 1.33 bits per heavy atom. The van der Waals surface area contributed by atoms with Gasteiger partial charge in [-0.3, -0.25) is 4.99 Å². The lowest BCUT2D eigenvalue weighted by molar-refractivity contribution is 1.07. The number of hydrogen-bond acceptors (Lipinski definition) is 2. The van der Waals surface area contributed by atoms with Gasteiger partial charge in [-0.25, -0.2) is 0 Å². The summed E-state index contributed by atoms with van der Waals surface area (Å²) >= 11 is 0. The van der Waals surface area contributed by atoms with Crippen LogP contribution in [0.1, 0.15) is 12.8 Å². The lowest BCUT2D eigenvalue weighted by Gasteiger charge is -1.85. The Kier molecular flexibility index (Phi) is 3.92. The van der Waals surface area contributed by atoms with Gasteiger partial charge in [0.05, 0.1) is 0 Å². The number of nitrogens with zero attached hydrogens (tertiary/aromatic N) is 1. The van der Waals surface area contributed by atoms with Gasteiger partial charge in [0.2, 0.25) is 0 Å². The molecule has 1 fully saturated rings. The topological polar surface area (TPSA) is 24.4 Å². The van der Waals surface area contributed by atoms with Crippen LogP contribution in [0.2, 0.25) is 0 Å². The van der Waals surface area contributed by atoms with E-state index in [1.165, 1.54) is 12.8 Å². The zero-order valence-corrected chi connectivity index (χ0v) is 7.11. The average molecular weight is 162 g/mol. The SMILES string of the molecule is C=CC=N/C=C\N/C=C/C1CC1. The molecular weight excluding hydrogens is 148 g/mol. The Morgan fingerprint density at radius 3 is 2.83 bits per heavy atom. The van der Waals surface area contributed by atoms with Crippen molar-refractivity contribution in [2.75, 3.05) is 0 Å². The van der Waals surface area contributed by atoms with Gasteiger partial charge >= 0.3 is 0 Å². The van der Waals surface area contributed by atoms with Gasteiger partial charge in [-0.2, -0.15) is 0 Å². The number of aliphatic imine (C=N–C) groups is 1. The molecule has 0 unspecified atom stereocenters. The second-order valence-corrected chi connectivity index (χ2v) is 2.71. The van der Waals surface area contributed by atoms with Gasteiger partial charge in [-0.1, -0.05) is 18.7 Å². The molecule has 1 aliphatic rings. The molecule has 1 saturated carbocycles. The van der Waals surface area contributed by atoms with E-state index in [2.05, 4.69) is 23.0 Å². The normalized spacial score (nSPS) is 18.0. The lowest BCUT2D eigenvalue weighted by atomic mass is 10.4. The molecule has 64 valence electrons. The monoisotopic (exact) mass is 162 g/mol. The van der Waals surface area contributed by atoms with E-state index in [1.54, 1.807) is 24.7 Å². The molecule has 0 radical (unpaired) electrons. The van der Waals surface area contributed by atoms with Gasteiger partial charge in [0.1, 0.15) is 0 Å². The van der Waals surface area contributed by atoms with Crippen molar-refractivity contribution in [1.82, 2.24) is 5.32 Å². The number of nitrogens with one attached hydrogen (secondary N) is 1. The molecule has 1 aliphatic carbocycles. The second kappa shape index (κ2) is 5.35. The summed E-state index contributed by atoms with van der Waals surface area (Å²) in [5, 5.41) is 3.01. The molecule has 0 saturated heterocycles. The molecule has 2 heteroatoms. The molecule has 2 nitrogen and oxygen atoms in total. The number of rotatable bonds is 5. The van der Waals surface area contributed by atoms with E-state index in [0.717, 1.165) is 5.92 Å². The predicted molar refractivity (Wildman–Crippen MR) is 52.8 cm³/mol. The molecule has 0 spiro atoms. The number of hydrogen-bond donors (Lipinski definition) is 1. The van der Waals surface area contributed by atoms with Crippen molar-refractivity contribution in [3.05, 3.63) is 37.3 Å². The van der Waals surface area contributed by atoms with Gasteiger partial charge in [-0.05, 0) is 25.0 Å². The van der Waals surface area contributed by atoms with Gasteiger partial charge in [0.15, 0.2) is 0 Å². The van der Waals surface area contributed by atoms with Crippen LogP contribution in [-0.2, 0) is 0 Å². The van der Waals surface area contributed by atoms with Gasteiger partial charge in [0.25, 0.3) is 0 Å². The van der Waals surface area contributed by atoms with E-state index in [0.29, 0.717) is 0 Å². The van der Waals surface area contributed by atoms with Crippen molar-refractivity contribution in [3.8, 4) is 0 Å². The maximum Gasteiger partial charge on any atom is 0.0427 e. The number of allylic oxidation sites excluding steroid dienone is 2. The molecule has 0 aromatic rings. The fourth-order valence-electron chi connectivity index (χ4n) is 0.732. The van der Waals surface area contributed by atoms with Crippen molar-refractivity contribution < 1.29 is 0 Å². The third-order valence-corrected chi connectivity index (χ3v) is 1.53. The summed E-state index contributed by atoms with van der Waals surface area (Å²) in [7, 11) is 0. The van der Waals surface area contributed by atoms with Gasteiger partial charge in [0, 0.05) is 18.6 Å². The van der Waals surface area contributed by atoms with Crippen LogP contribution >= 0.6 is 0 Å². The van der Waals surface area contributed by atoms with Crippen molar-refractivity contribution in [2.45, 2.75) is 12.8 Å². The van der Waals surface area contributed by atoms with Crippen LogP contribution in [-0.4, -0.2) is 6.21 Å². The Balaban J connectivity index is 2.03. The molecule has 0 bridgehead atoms. The highest BCUT2D eigenvalue weighted by molar-refractivity contribution is 5.70. The van der Waals surface area contributed by atoms with Crippen LogP contribution in [0, 0.1) is 5.92 Å². The minimum Gasteiger partial charge on any atom is -0.367 e. The molecule has 0 aromatic carbocycles. The summed E-state index contributed by atoms with van der Waals surface area (Å²) in [6.07, 6.45) is 13.6. The second-order valence-electron chi connectivity index (χ2n) is 2.71. The molecule has 0 aromatic heterocycles. The smallest absolute Gasteiger partial charge is 0.0427 e. The van der Waals surface area contributed by atoms with E-state index in [4.69, 9.17) is 0 Å². The molecule has 12 heavy (non-hydrogen) atoms. The highest BCUT2D eigenvalue weighted by Crippen LogP contribution is 2.29. The average Bonchev–Trinajstić information content (AvgIpc) is 2.87. The first-order valence-corrected chi connectivity index (χ1v) is 4.15.